The first-order chi connectivity index (χ1) is 24.8. The third-order valence-electron chi connectivity index (χ3n) is 10.8. The van der Waals surface area contributed by atoms with Crippen molar-refractivity contribution in [3.8, 4) is 11.1 Å². The van der Waals surface area contributed by atoms with Crippen LogP contribution in [0.25, 0.3) is 92.9 Å². The van der Waals surface area contributed by atoms with Gasteiger partial charge in [-0.05, 0) is 79.2 Å². The molecule has 2 aromatic heterocycles. The zero-order valence-electron chi connectivity index (χ0n) is 27.2. The fraction of sp³-hybridized carbons (Fsp3) is 0.0417. The van der Waals surface area contributed by atoms with Gasteiger partial charge in [0.05, 0.1) is 5.39 Å². The quantitative estimate of drug-likeness (QED) is 0.180. The van der Waals surface area contributed by atoms with Crippen LogP contribution in [0.4, 0.5) is 0 Å². The van der Waals surface area contributed by atoms with E-state index in [1.54, 1.807) is 0 Å². The van der Waals surface area contributed by atoms with Gasteiger partial charge in [0, 0.05) is 27.6 Å². The average Bonchev–Trinajstić information content (AvgIpc) is 3.75. The molecule has 10 aromatic rings. The summed E-state index contributed by atoms with van der Waals surface area (Å²) in [5, 5.41) is 12.0. The second kappa shape index (κ2) is 10.6. The largest absolute Gasteiger partial charge is 0.456 e. The summed E-state index contributed by atoms with van der Waals surface area (Å²) in [5.41, 5.74) is 9.98. The summed E-state index contributed by atoms with van der Waals surface area (Å²) in [5.74, 6) is 0.117. The van der Waals surface area contributed by atoms with E-state index in [-0.39, 0.29) is 5.92 Å². The first-order valence-electron chi connectivity index (χ1n) is 17.4. The Bertz CT molecular complexity index is 3010. The van der Waals surface area contributed by atoms with Crippen LogP contribution in [-0.4, -0.2) is 0 Å². The SMILES string of the molecule is C1=CC(c2cc3c4ccccc4oc3c3c2oc2ccccc23)CC(c2c3ccccc3c(-c3cccc4ccccc34)c3ccccc23)=C1. The molecule has 8 aromatic carbocycles. The van der Waals surface area contributed by atoms with E-state index in [1.807, 2.05) is 12.1 Å². The predicted molar refractivity (Wildman–Crippen MR) is 210 cm³/mol. The molecule has 2 heteroatoms. The molecule has 0 bridgehead atoms. The van der Waals surface area contributed by atoms with E-state index >= 15 is 0 Å². The average molecular weight is 639 g/mol. The van der Waals surface area contributed by atoms with Crippen LogP contribution in [-0.2, 0) is 0 Å². The van der Waals surface area contributed by atoms with Gasteiger partial charge in [0.25, 0.3) is 0 Å². The number of furan rings is 2. The highest BCUT2D eigenvalue weighted by Gasteiger charge is 2.26. The van der Waals surface area contributed by atoms with Crippen molar-refractivity contribution in [1.29, 1.82) is 0 Å². The van der Waals surface area contributed by atoms with Crippen LogP contribution in [0.15, 0.2) is 173 Å². The van der Waals surface area contributed by atoms with Gasteiger partial charge < -0.3 is 8.83 Å². The molecule has 11 rings (SSSR count). The van der Waals surface area contributed by atoms with Crippen LogP contribution in [0.1, 0.15) is 23.5 Å². The van der Waals surface area contributed by atoms with E-state index in [9.17, 15) is 0 Å². The zero-order chi connectivity index (χ0) is 32.8. The summed E-state index contributed by atoms with van der Waals surface area (Å²) in [4.78, 5) is 0. The molecule has 0 N–H and O–H groups in total. The Morgan fingerprint density at radius 2 is 1.02 bits per heavy atom. The lowest BCUT2D eigenvalue weighted by atomic mass is 9.79. The first kappa shape index (κ1) is 27.6. The number of benzene rings is 8. The summed E-state index contributed by atoms with van der Waals surface area (Å²) in [6, 6.07) is 52.3. The van der Waals surface area contributed by atoms with Gasteiger partial charge >= 0.3 is 0 Å². The van der Waals surface area contributed by atoms with Crippen molar-refractivity contribution in [2.75, 3.05) is 0 Å². The molecule has 2 heterocycles. The molecule has 1 unspecified atom stereocenters. The molecule has 2 nitrogen and oxygen atoms in total. The Hall–Kier alpha value is -6.38. The van der Waals surface area contributed by atoms with Crippen molar-refractivity contribution >= 4 is 81.8 Å². The summed E-state index contributed by atoms with van der Waals surface area (Å²) in [7, 11) is 0. The Morgan fingerprint density at radius 1 is 0.460 bits per heavy atom. The molecule has 1 aliphatic rings. The molecule has 0 fully saturated rings. The normalized spacial score (nSPS) is 15.0. The Labute approximate surface area is 288 Å². The minimum atomic E-state index is 0.117. The van der Waals surface area contributed by atoms with Crippen molar-refractivity contribution in [3.63, 3.8) is 0 Å². The lowest BCUT2D eigenvalue weighted by Crippen LogP contribution is -2.03. The Balaban J connectivity index is 1.14. The number of rotatable bonds is 3. The molecule has 1 atom stereocenters. The molecule has 1 aliphatic carbocycles. The van der Waals surface area contributed by atoms with Gasteiger partial charge in [-0.25, -0.2) is 0 Å². The molecule has 50 heavy (non-hydrogen) atoms. The summed E-state index contributed by atoms with van der Waals surface area (Å²) < 4.78 is 13.3. The van der Waals surface area contributed by atoms with Crippen LogP contribution in [0.5, 0.6) is 0 Å². The van der Waals surface area contributed by atoms with Gasteiger partial charge in [-0.3, -0.25) is 0 Å². The fourth-order valence-corrected chi connectivity index (χ4v) is 8.65. The first-order valence-corrected chi connectivity index (χ1v) is 17.4. The maximum absolute atomic E-state index is 6.71. The van der Waals surface area contributed by atoms with Crippen molar-refractivity contribution in [1.82, 2.24) is 0 Å². The monoisotopic (exact) mass is 638 g/mol. The molecule has 0 amide bonds. The van der Waals surface area contributed by atoms with Crippen LogP contribution >= 0.6 is 0 Å². The fourth-order valence-electron chi connectivity index (χ4n) is 8.65. The predicted octanol–water partition coefficient (Wildman–Crippen LogP) is 13.7. The number of allylic oxidation sites excluding steroid dienone is 4. The highest BCUT2D eigenvalue weighted by atomic mass is 16.3. The second-order valence-electron chi connectivity index (χ2n) is 13.5. The van der Waals surface area contributed by atoms with Crippen molar-refractivity contribution in [2.45, 2.75) is 12.3 Å². The van der Waals surface area contributed by atoms with Gasteiger partial charge in [-0.2, -0.15) is 0 Å². The van der Waals surface area contributed by atoms with Crippen LogP contribution in [0.2, 0.25) is 0 Å². The lowest BCUT2D eigenvalue weighted by molar-refractivity contribution is 0.654. The van der Waals surface area contributed by atoms with E-state index < -0.39 is 0 Å². The number of fused-ring (bicyclic) bond motifs is 10. The highest BCUT2D eigenvalue weighted by molar-refractivity contribution is 6.24. The van der Waals surface area contributed by atoms with Crippen LogP contribution in [0, 0.1) is 0 Å². The molecule has 0 aliphatic heterocycles. The van der Waals surface area contributed by atoms with Crippen LogP contribution < -0.4 is 0 Å². The van der Waals surface area contributed by atoms with Gasteiger partial charge in [0.2, 0.25) is 0 Å². The lowest BCUT2D eigenvalue weighted by Gasteiger charge is -2.24. The van der Waals surface area contributed by atoms with Crippen molar-refractivity contribution < 1.29 is 8.83 Å². The number of para-hydroxylation sites is 2. The maximum atomic E-state index is 6.71. The Morgan fingerprint density at radius 3 is 1.76 bits per heavy atom. The summed E-state index contributed by atoms with van der Waals surface area (Å²) in [6.07, 6.45) is 7.77. The molecule has 0 radical (unpaired) electrons. The standard InChI is InChI=1S/C48H30O2/c1-2-17-32-29(13-1)14-12-24-34(32)45-37-21-5-3-19-35(37)44(36-20-4-6-22-38(36)45)31-16-11-15-30(27-31)40-28-41-33-18-7-9-25-42(33)49-48(41)46-39-23-8-10-26-43(39)50-47(40)46/h1-26,28,30H,27H2. The van der Waals surface area contributed by atoms with Crippen molar-refractivity contribution in [2.24, 2.45) is 0 Å². The topological polar surface area (TPSA) is 26.3 Å². The molecule has 0 saturated heterocycles. The zero-order valence-corrected chi connectivity index (χ0v) is 27.2. The second-order valence-corrected chi connectivity index (χ2v) is 13.5. The third kappa shape index (κ3) is 3.90. The number of hydrogen-bond acceptors (Lipinski definition) is 2. The van der Waals surface area contributed by atoms with E-state index in [4.69, 9.17) is 8.83 Å². The van der Waals surface area contributed by atoms with Gasteiger partial charge in [0.15, 0.2) is 0 Å². The highest BCUT2D eigenvalue weighted by Crippen LogP contribution is 2.49. The molecule has 0 saturated carbocycles. The van der Waals surface area contributed by atoms with Crippen LogP contribution in [0.3, 0.4) is 0 Å². The van der Waals surface area contributed by atoms with E-state index in [0.29, 0.717) is 0 Å². The molecule has 0 spiro atoms. The third-order valence-corrected chi connectivity index (χ3v) is 10.8. The minimum absolute atomic E-state index is 0.117. The van der Waals surface area contributed by atoms with E-state index in [2.05, 4.69) is 152 Å². The van der Waals surface area contributed by atoms with E-state index in [0.717, 1.165) is 50.3 Å². The summed E-state index contributed by atoms with van der Waals surface area (Å²) in [6.45, 7) is 0. The van der Waals surface area contributed by atoms with E-state index in [1.165, 1.54) is 60.1 Å². The smallest absolute Gasteiger partial charge is 0.147 e. The maximum Gasteiger partial charge on any atom is 0.147 e. The van der Waals surface area contributed by atoms with Gasteiger partial charge in [0.1, 0.15) is 22.3 Å². The Kier molecular flexibility index (Phi) is 5.82. The summed E-state index contributed by atoms with van der Waals surface area (Å²) >= 11 is 0. The number of hydrogen-bond donors (Lipinski definition) is 0. The molecular weight excluding hydrogens is 609 g/mol. The van der Waals surface area contributed by atoms with Gasteiger partial charge in [-0.15, -0.1) is 0 Å². The molecular formula is C48H30O2. The minimum Gasteiger partial charge on any atom is -0.456 e. The van der Waals surface area contributed by atoms with Crippen molar-refractivity contribution in [3.05, 3.63) is 175 Å². The van der Waals surface area contributed by atoms with Gasteiger partial charge in [-0.1, -0.05) is 146 Å². The molecule has 234 valence electrons.